The van der Waals surface area contributed by atoms with Crippen molar-refractivity contribution in [2.24, 2.45) is 0 Å². The van der Waals surface area contributed by atoms with E-state index in [0.717, 1.165) is 12.8 Å². The average molecular weight is 376 g/mol. The van der Waals surface area contributed by atoms with Crippen molar-refractivity contribution in [3.63, 3.8) is 0 Å². The Bertz CT molecular complexity index is 559. The predicted octanol–water partition coefficient (Wildman–Crippen LogP) is 4.01. The molecule has 0 saturated heterocycles. The Morgan fingerprint density at radius 3 is 2.57 bits per heavy atom. The summed E-state index contributed by atoms with van der Waals surface area (Å²) in [5.74, 6) is -0.898. The standard InChI is InChI=1S/C14H16BrClN2O3/c15-10-7-9(16)3-4-11(10)17-13(21)18-14(8-12(19)20)5-1-2-6-14/h3-4,7H,1-2,5-6,8H2,(H,19,20)(H2,17,18,21). The van der Waals surface area contributed by atoms with Crippen LogP contribution in [0.25, 0.3) is 0 Å². The Morgan fingerprint density at radius 1 is 1.33 bits per heavy atom. The van der Waals surface area contributed by atoms with E-state index in [-0.39, 0.29) is 6.42 Å². The van der Waals surface area contributed by atoms with Crippen molar-refractivity contribution in [3.8, 4) is 0 Å². The molecule has 1 fully saturated rings. The van der Waals surface area contributed by atoms with E-state index in [2.05, 4.69) is 26.6 Å². The second-order valence-corrected chi connectivity index (χ2v) is 6.55. The zero-order chi connectivity index (χ0) is 15.5. The van der Waals surface area contributed by atoms with Gasteiger partial charge in [-0.1, -0.05) is 24.4 Å². The van der Waals surface area contributed by atoms with Crippen LogP contribution in [0, 0.1) is 0 Å². The molecule has 2 rings (SSSR count). The SMILES string of the molecule is O=C(O)CC1(NC(=O)Nc2ccc(Cl)cc2Br)CCCC1. The third kappa shape index (κ3) is 4.35. The maximum Gasteiger partial charge on any atom is 0.319 e. The maximum absolute atomic E-state index is 12.1. The number of benzene rings is 1. The number of carbonyl (C=O) groups is 2. The number of rotatable bonds is 4. The highest BCUT2D eigenvalue weighted by molar-refractivity contribution is 9.10. The van der Waals surface area contributed by atoms with Crippen LogP contribution in [-0.2, 0) is 4.79 Å². The average Bonchev–Trinajstić information content (AvgIpc) is 2.80. The number of amides is 2. The monoisotopic (exact) mass is 374 g/mol. The van der Waals surface area contributed by atoms with Gasteiger partial charge in [-0.2, -0.15) is 0 Å². The van der Waals surface area contributed by atoms with Gasteiger partial charge in [0.05, 0.1) is 17.6 Å². The topological polar surface area (TPSA) is 78.4 Å². The van der Waals surface area contributed by atoms with Gasteiger partial charge < -0.3 is 15.7 Å². The van der Waals surface area contributed by atoms with Gasteiger partial charge in [0.1, 0.15) is 0 Å². The molecule has 0 radical (unpaired) electrons. The molecular formula is C14H16BrClN2O3. The molecule has 0 bridgehead atoms. The summed E-state index contributed by atoms with van der Waals surface area (Å²) in [5, 5.41) is 15.1. The highest BCUT2D eigenvalue weighted by Gasteiger charge is 2.37. The molecule has 1 aliphatic carbocycles. The minimum atomic E-state index is -0.898. The van der Waals surface area contributed by atoms with Gasteiger partial charge in [-0.25, -0.2) is 4.79 Å². The molecule has 2 amide bonds. The molecule has 3 N–H and O–H groups in total. The van der Waals surface area contributed by atoms with Crippen molar-refractivity contribution >= 4 is 45.2 Å². The van der Waals surface area contributed by atoms with Gasteiger partial charge in [-0.3, -0.25) is 4.79 Å². The Morgan fingerprint density at radius 2 is 2.00 bits per heavy atom. The molecule has 5 nitrogen and oxygen atoms in total. The number of hydrogen-bond acceptors (Lipinski definition) is 2. The van der Waals surface area contributed by atoms with Crippen LogP contribution in [0.5, 0.6) is 0 Å². The highest BCUT2D eigenvalue weighted by Crippen LogP contribution is 2.33. The van der Waals surface area contributed by atoms with Crippen LogP contribution >= 0.6 is 27.5 Å². The molecule has 0 spiro atoms. The van der Waals surface area contributed by atoms with Crippen LogP contribution in [-0.4, -0.2) is 22.6 Å². The molecule has 1 aromatic carbocycles. The lowest BCUT2D eigenvalue weighted by atomic mass is 9.93. The van der Waals surface area contributed by atoms with Gasteiger partial charge in [0, 0.05) is 9.50 Å². The second kappa shape index (κ2) is 6.66. The number of hydrogen-bond donors (Lipinski definition) is 3. The number of carboxylic acid groups (broad SMARTS) is 1. The quantitative estimate of drug-likeness (QED) is 0.744. The molecule has 0 heterocycles. The first-order chi connectivity index (χ1) is 9.90. The third-order valence-electron chi connectivity index (χ3n) is 3.61. The molecule has 7 heteroatoms. The lowest BCUT2D eigenvalue weighted by Crippen LogP contribution is -2.49. The van der Waals surface area contributed by atoms with Gasteiger partial charge in [0.15, 0.2) is 0 Å². The van der Waals surface area contributed by atoms with Crippen molar-refractivity contribution in [3.05, 3.63) is 27.7 Å². The summed E-state index contributed by atoms with van der Waals surface area (Å²) in [6.45, 7) is 0. The largest absolute Gasteiger partial charge is 0.481 e. The van der Waals surface area contributed by atoms with Gasteiger partial charge in [-0.15, -0.1) is 0 Å². The first-order valence-electron chi connectivity index (χ1n) is 6.66. The molecule has 0 aromatic heterocycles. The van der Waals surface area contributed by atoms with Crippen molar-refractivity contribution < 1.29 is 14.7 Å². The first-order valence-corrected chi connectivity index (χ1v) is 7.83. The number of anilines is 1. The number of carboxylic acids is 1. The van der Waals surface area contributed by atoms with E-state index >= 15 is 0 Å². The zero-order valence-electron chi connectivity index (χ0n) is 11.3. The van der Waals surface area contributed by atoms with Crippen LogP contribution in [0.15, 0.2) is 22.7 Å². The van der Waals surface area contributed by atoms with Crippen LogP contribution in [0.4, 0.5) is 10.5 Å². The van der Waals surface area contributed by atoms with E-state index in [0.29, 0.717) is 28.0 Å². The summed E-state index contributed by atoms with van der Waals surface area (Å²) < 4.78 is 0.670. The van der Waals surface area contributed by atoms with E-state index in [1.807, 2.05) is 0 Å². The van der Waals surface area contributed by atoms with Crippen LogP contribution in [0.1, 0.15) is 32.1 Å². The molecule has 1 saturated carbocycles. The summed E-state index contributed by atoms with van der Waals surface area (Å²) in [7, 11) is 0. The number of halogens is 2. The Hall–Kier alpha value is -1.27. The van der Waals surface area contributed by atoms with Crippen molar-refractivity contribution in [1.29, 1.82) is 0 Å². The summed E-state index contributed by atoms with van der Waals surface area (Å²) >= 11 is 9.17. The van der Waals surface area contributed by atoms with Gasteiger partial charge in [0.2, 0.25) is 0 Å². The lowest BCUT2D eigenvalue weighted by molar-refractivity contribution is -0.138. The summed E-state index contributed by atoms with van der Waals surface area (Å²) in [6, 6.07) is 4.63. The fourth-order valence-electron chi connectivity index (χ4n) is 2.67. The Balaban J connectivity index is 2.04. The Kier molecular flexibility index (Phi) is 5.11. The van der Waals surface area contributed by atoms with Gasteiger partial charge in [0.25, 0.3) is 0 Å². The van der Waals surface area contributed by atoms with E-state index in [9.17, 15) is 9.59 Å². The van der Waals surface area contributed by atoms with E-state index in [4.69, 9.17) is 16.7 Å². The normalized spacial score (nSPS) is 16.5. The summed E-state index contributed by atoms with van der Waals surface area (Å²) in [5.41, 5.74) is -0.0604. The van der Waals surface area contributed by atoms with E-state index in [1.165, 1.54) is 0 Å². The molecule has 0 atom stereocenters. The summed E-state index contributed by atoms with van der Waals surface area (Å²) in [4.78, 5) is 23.1. The third-order valence-corrected chi connectivity index (χ3v) is 4.50. The minimum absolute atomic E-state index is 0.0534. The van der Waals surface area contributed by atoms with Crippen LogP contribution in [0.2, 0.25) is 5.02 Å². The first kappa shape index (κ1) is 16.1. The minimum Gasteiger partial charge on any atom is -0.481 e. The van der Waals surface area contributed by atoms with Crippen molar-refractivity contribution in [1.82, 2.24) is 5.32 Å². The molecule has 1 aromatic rings. The lowest BCUT2D eigenvalue weighted by Gasteiger charge is -2.28. The number of urea groups is 1. The predicted molar refractivity (Wildman–Crippen MR) is 84.8 cm³/mol. The van der Waals surface area contributed by atoms with Gasteiger partial charge >= 0.3 is 12.0 Å². The van der Waals surface area contributed by atoms with Crippen LogP contribution in [0.3, 0.4) is 0 Å². The van der Waals surface area contributed by atoms with Crippen LogP contribution < -0.4 is 10.6 Å². The Labute approximate surface area is 136 Å². The van der Waals surface area contributed by atoms with E-state index in [1.54, 1.807) is 18.2 Å². The number of nitrogens with one attached hydrogen (secondary N) is 2. The number of carbonyl (C=O) groups excluding carboxylic acids is 1. The fraction of sp³-hybridized carbons (Fsp3) is 0.429. The molecule has 1 aliphatic rings. The van der Waals surface area contributed by atoms with Gasteiger partial charge in [-0.05, 0) is 47.0 Å². The second-order valence-electron chi connectivity index (χ2n) is 5.26. The van der Waals surface area contributed by atoms with Crippen molar-refractivity contribution in [2.45, 2.75) is 37.6 Å². The summed E-state index contributed by atoms with van der Waals surface area (Å²) in [6.07, 6.45) is 3.18. The van der Waals surface area contributed by atoms with Crippen molar-refractivity contribution in [2.75, 3.05) is 5.32 Å². The molecule has 114 valence electrons. The molecule has 21 heavy (non-hydrogen) atoms. The van der Waals surface area contributed by atoms with E-state index < -0.39 is 17.5 Å². The molecule has 0 unspecified atom stereocenters. The molecular weight excluding hydrogens is 360 g/mol. The number of aliphatic carboxylic acids is 1. The highest BCUT2D eigenvalue weighted by atomic mass is 79.9. The smallest absolute Gasteiger partial charge is 0.319 e. The molecule has 0 aliphatic heterocycles. The fourth-order valence-corrected chi connectivity index (χ4v) is 3.45. The zero-order valence-corrected chi connectivity index (χ0v) is 13.6. The maximum atomic E-state index is 12.1.